The van der Waals surface area contributed by atoms with Crippen LogP contribution in [0.3, 0.4) is 0 Å². The first-order valence-electron chi connectivity index (χ1n) is 5.08. The number of carbonyl (C=O) groups excluding carboxylic acids is 1. The van der Waals surface area contributed by atoms with E-state index in [0.717, 1.165) is 0 Å². The van der Waals surface area contributed by atoms with Crippen LogP contribution in [0.15, 0.2) is 0 Å². The highest BCUT2D eigenvalue weighted by Gasteiger charge is 2.22. The van der Waals surface area contributed by atoms with Crippen LogP contribution in [0.2, 0.25) is 0 Å². The Kier molecular flexibility index (Phi) is 6.43. The van der Waals surface area contributed by atoms with Crippen molar-refractivity contribution >= 4 is 23.1 Å². The average Bonchev–Trinajstić information content (AvgIpc) is 2.11. The lowest BCUT2D eigenvalue weighted by molar-refractivity contribution is -0.122. The van der Waals surface area contributed by atoms with E-state index in [1.807, 2.05) is 6.92 Å². The van der Waals surface area contributed by atoms with E-state index in [9.17, 15) is 4.79 Å². The molecule has 0 aliphatic heterocycles. The molecule has 0 aromatic carbocycles. The molecule has 0 rings (SSSR count). The van der Waals surface area contributed by atoms with Crippen molar-refractivity contribution in [2.75, 3.05) is 13.2 Å². The van der Waals surface area contributed by atoms with Crippen LogP contribution in [0.4, 0.5) is 0 Å². The van der Waals surface area contributed by atoms with Crippen molar-refractivity contribution in [1.82, 2.24) is 5.32 Å². The molecule has 0 bridgehead atoms. The highest BCUT2D eigenvalue weighted by Crippen LogP contribution is 2.03. The topological polar surface area (TPSA) is 64.3 Å². The van der Waals surface area contributed by atoms with Gasteiger partial charge in [0.05, 0.1) is 10.5 Å². The van der Waals surface area contributed by atoms with Crippen molar-refractivity contribution < 1.29 is 9.53 Å². The SMILES string of the molecule is CCOCCCC(=O)NC(C)(C)C(N)=S. The van der Waals surface area contributed by atoms with Gasteiger partial charge in [-0.15, -0.1) is 0 Å². The second-order valence-electron chi connectivity index (χ2n) is 3.84. The van der Waals surface area contributed by atoms with E-state index in [4.69, 9.17) is 22.7 Å². The summed E-state index contributed by atoms with van der Waals surface area (Å²) in [5, 5.41) is 2.77. The largest absolute Gasteiger partial charge is 0.391 e. The molecule has 3 N–H and O–H groups in total. The van der Waals surface area contributed by atoms with E-state index < -0.39 is 5.54 Å². The highest BCUT2D eigenvalue weighted by atomic mass is 32.1. The van der Waals surface area contributed by atoms with E-state index >= 15 is 0 Å². The molecule has 0 heterocycles. The summed E-state index contributed by atoms with van der Waals surface area (Å²) in [6.07, 6.45) is 1.15. The predicted octanol–water partition coefficient (Wildman–Crippen LogP) is 0.984. The van der Waals surface area contributed by atoms with Gasteiger partial charge in [0.25, 0.3) is 0 Å². The lowest BCUT2D eigenvalue weighted by Gasteiger charge is -2.24. The van der Waals surface area contributed by atoms with Crippen LogP contribution < -0.4 is 11.1 Å². The first kappa shape index (κ1) is 14.3. The Balaban J connectivity index is 3.79. The van der Waals surface area contributed by atoms with E-state index in [2.05, 4.69) is 5.32 Å². The van der Waals surface area contributed by atoms with Gasteiger partial charge in [-0.25, -0.2) is 0 Å². The third-order valence-corrected chi connectivity index (χ3v) is 2.47. The van der Waals surface area contributed by atoms with Gasteiger partial charge in [0.2, 0.25) is 5.91 Å². The maximum absolute atomic E-state index is 11.4. The minimum Gasteiger partial charge on any atom is -0.391 e. The van der Waals surface area contributed by atoms with Gasteiger partial charge in [0.15, 0.2) is 0 Å². The molecule has 0 fully saturated rings. The molecule has 0 atom stereocenters. The van der Waals surface area contributed by atoms with E-state index in [-0.39, 0.29) is 5.91 Å². The average molecular weight is 232 g/mol. The van der Waals surface area contributed by atoms with Crippen molar-refractivity contribution in [3.05, 3.63) is 0 Å². The van der Waals surface area contributed by atoms with Crippen molar-refractivity contribution in [2.24, 2.45) is 5.73 Å². The molecule has 0 spiro atoms. The fourth-order valence-corrected chi connectivity index (χ4v) is 1.00. The highest BCUT2D eigenvalue weighted by molar-refractivity contribution is 7.80. The molecule has 0 radical (unpaired) electrons. The summed E-state index contributed by atoms with van der Waals surface area (Å²) in [4.78, 5) is 11.7. The van der Waals surface area contributed by atoms with Crippen LogP contribution in [0.1, 0.15) is 33.6 Å². The Hall–Kier alpha value is -0.680. The van der Waals surface area contributed by atoms with Crippen molar-refractivity contribution in [3.8, 4) is 0 Å². The van der Waals surface area contributed by atoms with Crippen molar-refractivity contribution in [2.45, 2.75) is 39.2 Å². The number of amides is 1. The van der Waals surface area contributed by atoms with E-state index in [1.165, 1.54) is 0 Å². The molecule has 4 nitrogen and oxygen atoms in total. The van der Waals surface area contributed by atoms with Crippen LogP contribution in [0, 0.1) is 0 Å². The third kappa shape index (κ3) is 6.41. The predicted molar refractivity (Wildman–Crippen MR) is 64.7 cm³/mol. The molecule has 15 heavy (non-hydrogen) atoms. The van der Waals surface area contributed by atoms with Crippen LogP contribution in [-0.2, 0) is 9.53 Å². The maximum atomic E-state index is 11.4. The smallest absolute Gasteiger partial charge is 0.220 e. The molecule has 0 aliphatic rings. The van der Waals surface area contributed by atoms with E-state index in [1.54, 1.807) is 13.8 Å². The number of rotatable bonds is 7. The number of hydrogen-bond donors (Lipinski definition) is 2. The minimum atomic E-state index is -0.613. The number of carbonyl (C=O) groups is 1. The van der Waals surface area contributed by atoms with Crippen molar-refractivity contribution in [3.63, 3.8) is 0 Å². The number of hydrogen-bond acceptors (Lipinski definition) is 3. The molecular weight excluding hydrogens is 212 g/mol. The summed E-state index contributed by atoms with van der Waals surface area (Å²) in [6.45, 7) is 6.79. The van der Waals surface area contributed by atoms with Gasteiger partial charge in [-0.1, -0.05) is 12.2 Å². The minimum absolute atomic E-state index is 0.0486. The fourth-order valence-electron chi connectivity index (χ4n) is 0.952. The normalized spacial score (nSPS) is 11.1. The third-order valence-electron chi connectivity index (χ3n) is 1.96. The molecular formula is C10H20N2O2S. The Morgan fingerprint density at radius 2 is 2.13 bits per heavy atom. The quantitative estimate of drug-likeness (QED) is 0.507. The number of nitrogens with two attached hydrogens (primary N) is 1. The standard InChI is InChI=1S/C10H20N2O2S/c1-4-14-7-5-6-8(13)12-10(2,3)9(11)15/h4-7H2,1-3H3,(H2,11,15)(H,12,13). The monoisotopic (exact) mass is 232 g/mol. The van der Waals surface area contributed by atoms with Gasteiger partial charge in [0, 0.05) is 19.6 Å². The lowest BCUT2D eigenvalue weighted by atomic mass is 10.1. The maximum Gasteiger partial charge on any atom is 0.220 e. The summed E-state index contributed by atoms with van der Waals surface area (Å²) in [7, 11) is 0. The molecule has 0 aromatic heterocycles. The Morgan fingerprint density at radius 3 is 2.60 bits per heavy atom. The zero-order valence-corrected chi connectivity index (χ0v) is 10.4. The molecule has 0 saturated carbocycles. The number of ether oxygens (including phenoxy) is 1. The second-order valence-corrected chi connectivity index (χ2v) is 4.28. The molecule has 0 aromatic rings. The molecule has 1 amide bonds. The molecule has 5 heteroatoms. The summed E-state index contributed by atoms with van der Waals surface area (Å²) in [5.41, 5.74) is 4.87. The second kappa shape index (κ2) is 6.74. The van der Waals surface area contributed by atoms with E-state index in [0.29, 0.717) is 31.0 Å². The van der Waals surface area contributed by atoms with Gasteiger partial charge in [-0.2, -0.15) is 0 Å². The molecule has 0 aliphatic carbocycles. The Morgan fingerprint density at radius 1 is 1.53 bits per heavy atom. The summed E-state index contributed by atoms with van der Waals surface area (Å²) < 4.78 is 5.13. The van der Waals surface area contributed by atoms with Gasteiger partial charge < -0.3 is 15.8 Å². The zero-order chi connectivity index (χ0) is 11.9. The molecule has 88 valence electrons. The van der Waals surface area contributed by atoms with Crippen LogP contribution >= 0.6 is 12.2 Å². The van der Waals surface area contributed by atoms with Crippen molar-refractivity contribution in [1.29, 1.82) is 0 Å². The fraction of sp³-hybridized carbons (Fsp3) is 0.800. The molecule has 0 saturated heterocycles. The molecule has 0 unspecified atom stereocenters. The first-order chi connectivity index (χ1) is 6.90. The zero-order valence-electron chi connectivity index (χ0n) is 9.63. The Labute approximate surface area is 96.5 Å². The van der Waals surface area contributed by atoms with Gasteiger partial charge >= 0.3 is 0 Å². The summed E-state index contributed by atoms with van der Waals surface area (Å²) >= 11 is 4.84. The van der Waals surface area contributed by atoms with Crippen LogP contribution in [0.25, 0.3) is 0 Å². The first-order valence-corrected chi connectivity index (χ1v) is 5.49. The number of nitrogens with one attached hydrogen (secondary N) is 1. The van der Waals surface area contributed by atoms with Crippen LogP contribution in [0.5, 0.6) is 0 Å². The Bertz CT molecular complexity index is 229. The van der Waals surface area contributed by atoms with Crippen LogP contribution in [-0.4, -0.2) is 29.6 Å². The van der Waals surface area contributed by atoms with Gasteiger partial charge in [-0.05, 0) is 27.2 Å². The summed E-state index contributed by atoms with van der Waals surface area (Å²) in [5.74, 6) is -0.0486. The number of thiocarbonyl (C=S) groups is 1. The van der Waals surface area contributed by atoms with Gasteiger partial charge in [0.1, 0.15) is 0 Å². The van der Waals surface area contributed by atoms with Gasteiger partial charge in [-0.3, -0.25) is 4.79 Å². The summed E-state index contributed by atoms with van der Waals surface area (Å²) in [6, 6.07) is 0. The lowest BCUT2D eigenvalue weighted by Crippen LogP contribution is -2.52.